The zero-order valence-corrected chi connectivity index (χ0v) is 12.1. The molecule has 4 N–H and O–H groups in total. The van der Waals surface area contributed by atoms with Gasteiger partial charge in [-0.15, -0.1) is 0 Å². The second-order valence-electron chi connectivity index (χ2n) is 5.52. The Hall–Kier alpha value is -1.91. The summed E-state index contributed by atoms with van der Waals surface area (Å²) in [5.41, 5.74) is 13.2. The maximum atomic E-state index is 11.2. The van der Waals surface area contributed by atoms with Gasteiger partial charge in [-0.1, -0.05) is 6.07 Å². The fourth-order valence-corrected chi connectivity index (χ4v) is 2.57. The number of primary amides is 1. The predicted molar refractivity (Wildman–Crippen MR) is 80.7 cm³/mol. The number of hydrogen-bond donors (Lipinski definition) is 2. The van der Waals surface area contributed by atoms with Gasteiger partial charge >= 0.3 is 0 Å². The van der Waals surface area contributed by atoms with Crippen LogP contribution in [0.15, 0.2) is 18.2 Å². The van der Waals surface area contributed by atoms with Crippen LogP contribution in [0.1, 0.15) is 26.7 Å². The van der Waals surface area contributed by atoms with E-state index in [0.717, 1.165) is 37.4 Å². The van der Waals surface area contributed by atoms with Crippen LogP contribution in [-0.2, 0) is 4.79 Å². The third-order valence-electron chi connectivity index (χ3n) is 3.64. The molecule has 1 fully saturated rings. The number of piperidine rings is 1. The van der Waals surface area contributed by atoms with Crippen LogP contribution in [0.25, 0.3) is 0 Å². The van der Waals surface area contributed by atoms with E-state index in [1.165, 1.54) is 0 Å². The van der Waals surface area contributed by atoms with E-state index < -0.39 is 0 Å². The van der Waals surface area contributed by atoms with E-state index in [9.17, 15) is 4.79 Å². The summed E-state index contributed by atoms with van der Waals surface area (Å²) < 4.78 is 5.71. The topological polar surface area (TPSA) is 81.6 Å². The van der Waals surface area contributed by atoms with Crippen LogP contribution in [0.5, 0.6) is 5.75 Å². The number of nitrogens with zero attached hydrogens (tertiary/aromatic N) is 1. The Morgan fingerprint density at radius 2 is 2.00 bits per heavy atom. The maximum Gasteiger partial charge on any atom is 0.220 e. The zero-order chi connectivity index (χ0) is 14.7. The highest BCUT2D eigenvalue weighted by Crippen LogP contribution is 2.34. The molecule has 1 heterocycles. The number of para-hydroxylation sites is 1. The van der Waals surface area contributed by atoms with Gasteiger partial charge in [-0.3, -0.25) is 4.79 Å². The molecule has 20 heavy (non-hydrogen) atoms. The normalized spacial score (nSPS) is 16.4. The number of ether oxygens (including phenoxy) is 1. The second kappa shape index (κ2) is 6.03. The molecule has 0 radical (unpaired) electrons. The van der Waals surface area contributed by atoms with Gasteiger partial charge in [0.2, 0.25) is 5.91 Å². The largest absolute Gasteiger partial charge is 0.489 e. The summed E-state index contributed by atoms with van der Waals surface area (Å²) >= 11 is 0. The highest BCUT2D eigenvalue weighted by molar-refractivity contribution is 5.78. The molecule has 0 bridgehead atoms. The lowest BCUT2D eigenvalue weighted by atomic mass is 9.96. The summed E-state index contributed by atoms with van der Waals surface area (Å²) in [4.78, 5) is 13.4. The number of nitrogen functional groups attached to an aromatic ring is 1. The summed E-state index contributed by atoms with van der Waals surface area (Å²) in [6.45, 7) is 5.54. The Morgan fingerprint density at radius 1 is 1.35 bits per heavy atom. The van der Waals surface area contributed by atoms with Crippen molar-refractivity contribution in [2.75, 3.05) is 23.7 Å². The van der Waals surface area contributed by atoms with E-state index >= 15 is 0 Å². The van der Waals surface area contributed by atoms with E-state index in [-0.39, 0.29) is 17.9 Å². The van der Waals surface area contributed by atoms with Crippen molar-refractivity contribution in [3.63, 3.8) is 0 Å². The Bertz CT molecular complexity index is 480. The molecule has 0 unspecified atom stereocenters. The molecule has 0 aliphatic carbocycles. The predicted octanol–water partition coefficient (Wildman–Crippen LogP) is 1.76. The molecule has 0 saturated carbocycles. The van der Waals surface area contributed by atoms with E-state index in [1.54, 1.807) is 0 Å². The molecule has 1 aliphatic heterocycles. The van der Waals surface area contributed by atoms with Crippen molar-refractivity contribution >= 4 is 17.3 Å². The van der Waals surface area contributed by atoms with Crippen LogP contribution in [-0.4, -0.2) is 25.1 Å². The van der Waals surface area contributed by atoms with Crippen LogP contribution in [0.3, 0.4) is 0 Å². The Kier molecular flexibility index (Phi) is 4.37. The van der Waals surface area contributed by atoms with Gasteiger partial charge < -0.3 is 21.1 Å². The van der Waals surface area contributed by atoms with Gasteiger partial charge in [0.05, 0.1) is 17.5 Å². The molecule has 5 heteroatoms. The van der Waals surface area contributed by atoms with Crippen LogP contribution in [0.2, 0.25) is 0 Å². The quantitative estimate of drug-likeness (QED) is 0.822. The van der Waals surface area contributed by atoms with E-state index in [4.69, 9.17) is 16.2 Å². The number of benzene rings is 1. The molecule has 1 aromatic carbocycles. The third kappa shape index (κ3) is 3.15. The van der Waals surface area contributed by atoms with Crippen LogP contribution in [0, 0.1) is 5.92 Å². The zero-order valence-electron chi connectivity index (χ0n) is 12.1. The van der Waals surface area contributed by atoms with Gasteiger partial charge in [-0.05, 0) is 38.8 Å². The standard InChI is InChI=1S/C15H23N3O2/c1-10(2)20-13-5-3-4-12(14(13)16)18-8-6-11(7-9-18)15(17)19/h3-5,10-11H,6-9,16H2,1-2H3,(H2,17,19). The van der Waals surface area contributed by atoms with Gasteiger partial charge in [-0.25, -0.2) is 0 Å². The number of carbonyl (C=O) groups is 1. The first-order valence-electron chi connectivity index (χ1n) is 7.08. The number of carbonyl (C=O) groups excluding carboxylic acids is 1. The lowest BCUT2D eigenvalue weighted by Gasteiger charge is -2.33. The van der Waals surface area contributed by atoms with Gasteiger partial charge in [-0.2, -0.15) is 0 Å². The molecule has 5 nitrogen and oxygen atoms in total. The number of amides is 1. The number of anilines is 2. The molecule has 0 aromatic heterocycles. The molecule has 110 valence electrons. The highest BCUT2D eigenvalue weighted by atomic mass is 16.5. The van der Waals surface area contributed by atoms with Crippen LogP contribution < -0.4 is 21.1 Å². The molecule has 1 amide bonds. The molecule has 1 aromatic rings. The minimum absolute atomic E-state index is 0.0115. The summed E-state index contributed by atoms with van der Waals surface area (Å²) in [7, 11) is 0. The minimum atomic E-state index is -0.200. The Labute approximate surface area is 119 Å². The van der Waals surface area contributed by atoms with E-state index in [2.05, 4.69) is 4.90 Å². The van der Waals surface area contributed by atoms with Gasteiger partial charge in [0.25, 0.3) is 0 Å². The van der Waals surface area contributed by atoms with Crippen LogP contribution in [0.4, 0.5) is 11.4 Å². The molecule has 0 spiro atoms. The average molecular weight is 277 g/mol. The molecular weight excluding hydrogens is 254 g/mol. The average Bonchev–Trinajstić information content (AvgIpc) is 2.41. The molecule has 0 atom stereocenters. The van der Waals surface area contributed by atoms with Crippen LogP contribution >= 0.6 is 0 Å². The first-order chi connectivity index (χ1) is 9.49. The van der Waals surface area contributed by atoms with Crippen molar-refractivity contribution in [3.8, 4) is 5.75 Å². The molecule has 1 aliphatic rings. The lowest BCUT2D eigenvalue weighted by Crippen LogP contribution is -2.38. The van der Waals surface area contributed by atoms with Crippen molar-refractivity contribution in [3.05, 3.63) is 18.2 Å². The molecule has 1 saturated heterocycles. The van der Waals surface area contributed by atoms with Gasteiger partial charge in [0.15, 0.2) is 0 Å². The van der Waals surface area contributed by atoms with Gasteiger partial charge in [0, 0.05) is 19.0 Å². The first kappa shape index (κ1) is 14.5. The number of hydrogen-bond acceptors (Lipinski definition) is 4. The van der Waals surface area contributed by atoms with Crippen molar-refractivity contribution in [1.82, 2.24) is 0 Å². The second-order valence-corrected chi connectivity index (χ2v) is 5.52. The number of rotatable bonds is 4. The first-order valence-corrected chi connectivity index (χ1v) is 7.08. The van der Waals surface area contributed by atoms with Crippen molar-refractivity contribution < 1.29 is 9.53 Å². The third-order valence-corrected chi connectivity index (χ3v) is 3.64. The summed E-state index contributed by atoms with van der Waals surface area (Å²) in [5, 5.41) is 0. The van der Waals surface area contributed by atoms with Gasteiger partial charge in [0.1, 0.15) is 5.75 Å². The monoisotopic (exact) mass is 277 g/mol. The summed E-state index contributed by atoms with van der Waals surface area (Å²) in [6.07, 6.45) is 1.65. The van der Waals surface area contributed by atoms with Crippen molar-refractivity contribution in [2.45, 2.75) is 32.8 Å². The number of nitrogens with two attached hydrogens (primary N) is 2. The molecule has 2 rings (SSSR count). The summed E-state index contributed by atoms with van der Waals surface area (Å²) in [6, 6.07) is 5.83. The van der Waals surface area contributed by atoms with Crippen molar-refractivity contribution in [1.29, 1.82) is 0 Å². The SMILES string of the molecule is CC(C)Oc1cccc(N2CCC(C(N)=O)CC2)c1N. The minimum Gasteiger partial charge on any atom is -0.489 e. The smallest absolute Gasteiger partial charge is 0.220 e. The van der Waals surface area contributed by atoms with Crippen molar-refractivity contribution in [2.24, 2.45) is 11.7 Å². The fraction of sp³-hybridized carbons (Fsp3) is 0.533. The Balaban J connectivity index is 2.12. The lowest BCUT2D eigenvalue weighted by molar-refractivity contribution is -0.122. The maximum absolute atomic E-state index is 11.2. The summed E-state index contributed by atoms with van der Waals surface area (Å²) in [5.74, 6) is 0.506. The molecular formula is C15H23N3O2. The fourth-order valence-electron chi connectivity index (χ4n) is 2.57. The Morgan fingerprint density at radius 3 is 2.55 bits per heavy atom. The highest BCUT2D eigenvalue weighted by Gasteiger charge is 2.24. The van der Waals surface area contributed by atoms with E-state index in [1.807, 2.05) is 32.0 Å². The van der Waals surface area contributed by atoms with E-state index in [0.29, 0.717) is 5.69 Å².